The normalized spacial score (nSPS) is 11.9. The second-order valence-electron chi connectivity index (χ2n) is 4.53. The molecule has 0 fully saturated rings. The largest absolute Gasteiger partial charge is 0.481 e. The van der Waals surface area contributed by atoms with E-state index in [2.05, 4.69) is 10.3 Å². The Hall–Kier alpha value is -1.89. The second-order valence-corrected chi connectivity index (χ2v) is 4.94. The number of nitrogens with one attached hydrogen (secondary N) is 1. The Morgan fingerprint density at radius 3 is 2.85 bits per heavy atom. The lowest BCUT2D eigenvalue weighted by Gasteiger charge is -2.11. The molecule has 0 amide bonds. The molecule has 20 heavy (non-hydrogen) atoms. The van der Waals surface area contributed by atoms with E-state index in [0.29, 0.717) is 18.8 Å². The van der Waals surface area contributed by atoms with E-state index in [9.17, 15) is 14.9 Å². The maximum absolute atomic E-state index is 10.5. The van der Waals surface area contributed by atoms with Gasteiger partial charge in [0.05, 0.1) is 9.95 Å². The van der Waals surface area contributed by atoms with Crippen LogP contribution < -0.4 is 5.32 Å². The molecule has 1 aromatic heterocycles. The zero-order valence-electron chi connectivity index (χ0n) is 11.0. The van der Waals surface area contributed by atoms with Gasteiger partial charge in [0.15, 0.2) is 0 Å². The number of nitrogens with zero attached hydrogens (tertiary/aromatic N) is 2. The number of anilines is 1. The van der Waals surface area contributed by atoms with Crippen molar-refractivity contribution in [1.29, 1.82) is 0 Å². The Morgan fingerprint density at radius 2 is 2.30 bits per heavy atom. The van der Waals surface area contributed by atoms with Crippen LogP contribution in [-0.2, 0) is 4.79 Å². The minimum Gasteiger partial charge on any atom is -0.481 e. The van der Waals surface area contributed by atoms with Crippen LogP contribution in [0.3, 0.4) is 0 Å². The molecule has 0 aliphatic carbocycles. The van der Waals surface area contributed by atoms with Crippen molar-refractivity contribution in [2.75, 3.05) is 11.9 Å². The van der Waals surface area contributed by atoms with Gasteiger partial charge < -0.3 is 10.4 Å². The Balaban J connectivity index is 2.42. The minimum absolute atomic E-state index is 0.151. The number of pyridine rings is 1. The molecule has 7 nitrogen and oxygen atoms in total. The smallest absolute Gasteiger partial charge is 0.303 e. The molecule has 0 radical (unpaired) electrons. The number of carbonyl (C=O) groups is 1. The van der Waals surface area contributed by atoms with Crippen LogP contribution in [0.25, 0.3) is 0 Å². The number of hydrogen-bond donors (Lipinski definition) is 2. The molecule has 110 valence electrons. The van der Waals surface area contributed by atoms with Gasteiger partial charge >= 0.3 is 5.97 Å². The highest BCUT2D eigenvalue weighted by Gasteiger charge is 2.11. The average Bonchev–Trinajstić information content (AvgIpc) is 2.38. The monoisotopic (exact) mass is 301 g/mol. The lowest BCUT2D eigenvalue weighted by molar-refractivity contribution is -0.385. The van der Waals surface area contributed by atoms with Crippen LogP contribution in [0.1, 0.15) is 26.2 Å². The summed E-state index contributed by atoms with van der Waals surface area (Å²) < 4.78 is 0. The van der Waals surface area contributed by atoms with Crippen LogP contribution >= 0.6 is 11.6 Å². The number of halogens is 1. The number of carboxylic acids is 1. The van der Waals surface area contributed by atoms with E-state index in [4.69, 9.17) is 16.7 Å². The molecule has 0 aromatic carbocycles. The maximum atomic E-state index is 10.5. The maximum Gasteiger partial charge on any atom is 0.303 e. The van der Waals surface area contributed by atoms with Gasteiger partial charge in [-0.3, -0.25) is 14.9 Å². The van der Waals surface area contributed by atoms with Gasteiger partial charge in [0.1, 0.15) is 12.0 Å². The van der Waals surface area contributed by atoms with Crippen molar-refractivity contribution < 1.29 is 14.8 Å². The molecule has 0 saturated heterocycles. The number of nitro groups is 1. The molecule has 2 N–H and O–H groups in total. The summed E-state index contributed by atoms with van der Waals surface area (Å²) in [5, 5.41) is 22.3. The highest BCUT2D eigenvalue weighted by Crippen LogP contribution is 2.24. The van der Waals surface area contributed by atoms with Crippen molar-refractivity contribution in [3.05, 3.63) is 27.4 Å². The van der Waals surface area contributed by atoms with E-state index < -0.39 is 10.9 Å². The molecular formula is C12H16ClN3O4. The molecule has 1 heterocycles. The van der Waals surface area contributed by atoms with Crippen molar-refractivity contribution in [1.82, 2.24) is 4.98 Å². The van der Waals surface area contributed by atoms with Crippen LogP contribution in [0.5, 0.6) is 0 Å². The van der Waals surface area contributed by atoms with Gasteiger partial charge in [-0.2, -0.15) is 0 Å². The van der Waals surface area contributed by atoms with Gasteiger partial charge in [0.25, 0.3) is 5.69 Å². The van der Waals surface area contributed by atoms with Crippen molar-refractivity contribution in [2.24, 2.45) is 5.92 Å². The summed E-state index contributed by atoms with van der Waals surface area (Å²) in [5.41, 5.74) is -0.157. The Labute approximate surface area is 121 Å². The summed E-state index contributed by atoms with van der Waals surface area (Å²) >= 11 is 5.88. The average molecular weight is 302 g/mol. The second kappa shape index (κ2) is 7.64. The number of aliphatic carboxylic acids is 1. The zero-order valence-corrected chi connectivity index (χ0v) is 11.8. The predicted molar refractivity (Wildman–Crippen MR) is 75.0 cm³/mol. The fraction of sp³-hybridized carbons (Fsp3) is 0.500. The first-order valence-corrected chi connectivity index (χ1v) is 6.53. The van der Waals surface area contributed by atoms with Crippen molar-refractivity contribution in [3.8, 4) is 0 Å². The first-order valence-electron chi connectivity index (χ1n) is 6.15. The first kappa shape index (κ1) is 16.2. The Bertz CT molecular complexity index is 496. The fourth-order valence-corrected chi connectivity index (χ4v) is 1.84. The SMILES string of the molecule is CC(CCNc1ncc([N+](=O)[O-])cc1Cl)CCC(=O)O. The van der Waals surface area contributed by atoms with Gasteiger partial charge in [-0.05, 0) is 18.8 Å². The molecular weight excluding hydrogens is 286 g/mol. The quantitative estimate of drug-likeness (QED) is 0.565. The van der Waals surface area contributed by atoms with Crippen molar-refractivity contribution >= 4 is 29.1 Å². The van der Waals surface area contributed by atoms with Crippen molar-refractivity contribution in [2.45, 2.75) is 26.2 Å². The highest BCUT2D eigenvalue weighted by molar-refractivity contribution is 6.33. The topological polar surface area (TPSA) is 105 Å². The minimum atomic E-state index is -0.801. The number of aromatic nitrogens is 1. The van der Waals surface area contributed by atoms with Crippen molar-refractivity contribution in [3.63, 3.8) is 0 Å². The zero-order chi connectivity index (χ0) is 15.1. The van der Waals surface area contributed by atoms with Gasteiger partial charge in [0.2, 0.25) is 0 Å². The number of hydrogen-bond acceptors (Lipinski definition) is 5. The number of carboxylic acid groups (broad SMARTS) is 1. The first-order chi connectivity index (χ1) is 9.40. The van der Waals surface area contributed by atoms with Crippen LogP contribution in [0.4, 0.5) is 11.5 Å². The summed E-state index contributed by atoms with van der Waals surface area (Å²) in [6, 6.07) is 1.24. The molecule has 0 spiro atoms. The van der Waals surface area contributed by atoms with Crippen LogP contribution in [-0.4, -0.2) is 27.5 Å². The van der Waals surface area contributed by atoms with E-state index in [1.165, 1.54) is 6.07 Å². The number of rotatable bonds is 8. The van der Waals surface area contributed by atoms with Crippen LogP contribution in [0, 0.1) is 16.0 Å². The summed E-state index contributed by atoms with van der Waals surface area (Å²) in [5.74, 6) is -0.150. The molecule has 0 saturated carbocycles. The standard InChI is InChI=1S/C12H16ClN3O4/c1-8(2-3-11(17)18)4-5-14-12-10(13)6-9(7-15-12)16(19)20/h6-8H,2-5H2,1H3,(H,14,15)(H,17,18). The fourth-order valence-electron chi connectivity index (χ4n) is 1.61. The Morgan fingerprint density at radius 1 is 1.60 bits per heavy atom. The summed E-state index contributed by atoms with van der Waals surface area (Å²) in [6.07, 6.45) is 2.67. The third-order valence-electron chi connectivity index (χ3n) is 2.82. The van der Waals surface area contributed by atoms with Crippen LogP contribution in [0.15, 0.2) is 12.3 Å². The van der Waals surface area contributed by atoms with Gasteiger partial charge in [-0.1, -0.05) is 18.5 Å². The van der Waals surface area contributed by atoms with E-state index in [1.807, 2.05) is 6.92 Å². The third kappa shape index (κ3) is 5.40. The lowest BCUT2D eigenvalue weighted by Crippen LogP contribution is -2.09. The van der Waals surface area contributed by atoms with E-state index >= 15 is 0 Å². The molecule has 0 aliphatic heterocycles. The summed E-state index contributed by atoms with van der Waals surface area (Å²) in [4.78, 5) is 24.3. The molecule has 8 heteroatoms. The lowest BCUT2D eigenvalue weighted by atomic mass is 10.0. The van der Waals surface area contributed by atoms with Gasteiger partial charge in [0, 0.05) is 19.0 Å². The molecule has 1 aromatic rings. The molecule has 0 bridgehead atoms. The van der Waals surface area contributed by atoms with E-state index in [0.717, 1.165) is 12.6 Å². The molecule has 1 unspecified atom stereocenters. The van der Waals surface area contributed by atoms with Gasteiger partial charge in [-0.15, -0.1) is 0 Å². The third-order valence-corrected chi connectivity index (χ3v) is 3.11. The molecule has 1 rings (SSSR count). The van der Waals surface area contributed by atoms with Crippen LogP contribution in [0.2, 0.25) is 5.02 Å². The predicted octanol–water partition coefficient (Wildman–Crippen LogP) is 2.95. The molecule has 1 atom stereocenters. The molecule has 0 aliphatic rings. The summed E-state index contributed by atoms with van der Waals surface area (Å²) in [7, 11) is 0. The highest BCUT2D eigenvalue weighted by atomic mass is 35.5. The van der Waals surface area contributed by atoms with E-state index in [1.54, 1.807) is 0 Å². The van der Waals surface area contributed by atoms with E-state index in [-0.39, 0.29) is 23.0 Å². The van der Waals surface area contributed by atoms with Gasteiger partial charge in [-0.25, -0.2) is 4.98 Å². The summed E-state index contributed by atoms with van der Waals surface area (Å²) in [6.45, 7) is 2.54. The Kier molecular flexibility index (Phi) is 6.17.